The van der Waals surface area contributed by atoms with E-state index in [1.165, 1.54) is 15.7 Å². The number of nitrogens with one attached hydrogen (secondary N) is 1. The van der Waals surface area contributed by atoms with Crippen molar-refractivity contribution in [2.24, 2.45) is 0 Å². The smallest absolute Gasteiger partial charge is 0.260 e. The van der Waals surface area contributed by atoms with Crippen LogP contribution in [0.5, 0.6) is 0 Å². The lowest BCUT2D eigenvalue weighted by atomic mass is 10.5. The van der Waals surface area contributed by atoms with Crippen LogP contribution in [0.2, 0.25) is 0 Å². The van der Waals surface area contributed by atoms with E-state index in [4.69, 9.17) is 5.73 Å². The van der Waals surface area contributed by atoms with Crippen LogP contribution >= 0.6 is 11.3 Å². The first-order valence-corrected chi connectivity index (χ1v) is 8.55. The fraction of sp³-hybridized carbons (Fsp3) is 0.167. The SMILES string of the molecule is Nc1nc2ccccn2c1S(=O)(=O)NCCc1nccs1. The number of thiazole rings is 1. The lowest BCUT2D eigenvalue weighted by molar-refractivity contribution is 0.577. The predicted molar refractivity (Wildman–Crippen MR) is 80.6 cm³/mol. The molecule has 3 heterocycles. The number of nitrogen functional groups attached to an aromatic ring is 1. The van der Waals surface area contributed by atoms with Gasteiger partial charge in [-0.15, -0.1) is 11.3 Å². The number of anilines is 1. The summed E-state index contributed by atoms with van der Waals surface area (Å²) in [6, 6.07) is 5.20. The molecule has 0 radical (unpaired) electrons. The first-order chi connectivity index (χ1) is 10.1. The topological polar surface area (TPSA) is 102 Å². The molecule has 9 heteroatoms. The molecule has 0 bridgehead atoms. The highest BCUT2D eigenvalue weighted by Crippen LogP contribution is 2.19. The summed E-state index contributed by atoms with van der Waals surface area (Å²) in [5.41, 5.74) is 6.24. The normalized spacial score (nSPS) is 12.0. The Hall–Kier alpha value is -1.97. The number of nitrogens with zero attached hydrogens (tertiary/aromatic N) is 3. The summed E-state index contributed by atoms with van der Waals surface area (Å²) in [4.78, 5) is 8.16. The minimum atomic E-state index is -3.73. The number of aromatic nitrogens is 3. The van der Waals surface area contributed by atoms with Gasteiger partial charge in [0.15, 0.2) is 10.8 Å². The number of imidazole rings is 1. The maximum absolute atomic E-state index is 12.4. The molecule has 3 aromatic rings. The molecule has 21 heavy (non-hydrogen) atoms. The van der Waals surface area contributed by atoms with Gasteiger partial charge >= 0.3 is 0 Å². The van der Waals surface area contributed by atoms with Gasteiger partial charge in [0.05, 0.1) is 5.01 Å². The highest BCUT2D eigenvalue weighted by molar-refractivity contribution is 7.89. The second-order valence-corrected chi connectivity index (χ2v) is 6.97. The second-order valence-electron chi connectivity index (χ2n) is 4.30. The third-order valence-electron chi connectivity index (χ3n) is 2.88. The van der Waals surface area contributed by atoms with Gasteiger partial charge in [0.1, 0.15) is 5.65 Å². The molecule has 0 aliphatic heterocycles. The Labute approximate surface area is 125 Å². The van der Waals surface area contributed by atoms with Gasteiger partial charge in [-0.2, -0.15) is 0 Å². The van der Waals surface area contributed by atoms with Crippen LogP contribution in [0.1, 0.15) is 5.01 Å². The summed E-state index contributed by atoms with van der Waals surface area (Å²) >= 11 is 1.49. The van der Waals surface area contributed by atoms with Crippen molar-refractivity contribution in [2.45, 2.75) is 11.4 Å². The van der Waals surface area contributed by atoms with E-state index in [-0.39, 0.29) is 17.4 Å². The Kier molecular flexibility index (Phi) is 3.62. The minimum absolute atomic E-state index is 0.0112. The molecule has 7 nitrogen and oxygen atoms in total. The van der Waals surface area contributed by atoms with Gasteiger partial charge in [-0.05, 0) is 12.1 Å². The van der Waals surface area contributed by atoms with Crippen molar-refractivity contribution in [2.75, 3.05) is 12.3 Å². The van der Waals surface area contributed by atoms with Gasteiger partial charge < -0.3 is 5.73 Å². The fourth-order valence-corrected chi connectivity index (χ4v) is 3.86. The first kappa shape index (κ1) is 14.0. The Morgan fingerprint density at radius 3 is 3.00 bits per heavy atom. The van der Waals surface area contributed by atoms with Crippen LogP contribution in [0, 0.1) is 0 Å². The highest BCUT2D eigenvalue weighted by Gasteiger charge is 2.23. The van der Waals surface area contributed by atoms with Crippen molar-refractivity contribution in [1.82, 2.24) is 19.1 Å². The van der Waals surface area contributed by atoms with Crippen molar-refractivity contribution in [3.63, 3.8) is 0 Å². The van der Waals surface area contributed by atoms with Crippen LogP contribution in [0.25, 0.3) is 5.65 Å². The molecule has 0 aliphatic carbocycles. The minimum Gasteiger partial charge on any atom is -0.381 e. The van der Waals surface area contributed by atoms with Crippen molar-refractivity contribution in [1.29, 1.82) is 0 Å². The van der Waals surface area contributed by atoms with E-state index < -0.39 is 10.0 Å². The largest absolute Gasteiger partial charge is 0.381 e. The van der Waals surface area contributed by atoms with Crippen molar-refractivity contribution < 1.29 is 8.42 Å². The van der Waals surface area contributed by atoms with Crippen molar-refractivity contribution >= 4 is 32.8 Å². The Balaban J connectivity index is 1.84. The molecule has 3 aromatic heterocycles. The van der Waals surface area contributed by atoms with Gasteiger partial charge in [-0.3, -0.25) is 4.40 Å². The second kappa shape index (κ2) is 5.43. The van der Waals surface area contributed by atoms with E-state index in [2.05, 4.69) is 14.7 Å². The Bertz CT molecular complexity index is 855. The summed E-state index contributed by atoms with van der Waals surface area (Å²) in [5, 5.41) is 2.70. The lowest BCUT2D eigenvalue weighted by Gasteiger charge is -2.06. The zero-order chi connectivity index (χ0) is 14.9. The van der Waals surface area contributed by atoms with Crippen LogP contribution in [0.4, 0.5) is 5.82 Å². The van der Waals surface area contributed by atoms with Crippen molar-refractivity contribution in [3.05, 3.63) is 41.0 Å². The molecule has 0 fully saturated rings. The third kappa shape index (κ3) is 2.75. The van der Waals surface area contributed by atoms with E-state index in [1.807, 2.05) is 5.38 Å². The van der Waals surface area contributed by atoms with Crippen LogP contribution in [0.3, 0.4) is 0 Å². The highest BCUT2D eigenvalue weighted by atomic mass is 32.2. The number of fused-ring (bicyclic) bond motifs is 1. The summed E-state index contributed by atoms with van der Waals surface area (Å²) in [5.74, 6) is -0.0112. The van der Waals surface area contributed by atoms with E-state index in [1.54, 1.807) is 30.6 Å². The summed E-state index contributed by atoms with van der Waals surface area (Å²) in [7, 11) is -3.73. The predicted octanol–water partition coefficient (Wildman–Crippen LogP) is 0.894. The average Bonchev–Trinajstić information content (AvgIpc) is 3.04. The quantitative estimate of drug-likeness (QED) is 0.726. The van der Waals surface area contributed by atoms with Gasteiger partial charge in [-0.25, -0.2) is 23.1 Å². The van der Waals surface area contributed by atoms with Crippen LogP contribution < -0.4 is 10.5 Å². The molecule has 0 aliphatic rings. The molecular formula is C12H13N5O2S2. The average molecular weight is 323 g/mol. The van der Waals surface area contributed by atoms with E-state index in [9.17, 15) is 8.42 Å². The van der Waals surface area contributed by atoms with Crippen LogP contribution in [0.15, 0.2) is 41.0 Å². The summed E-state index contributed by atoms with van der Waals surface area (Å²) < 4.78 is 28.8. The first-order valence-electron chi connectivity index (χ1n) is 6.18. The Morgan fingerprint density at radius 2 is 2.24 bits per heavy atom. The molecule has 0 aromatic carbocycles. The lowest BCUT2D eigenvalue weighted by Crippen LogP contribution is -2.27. The molecule has 0 amide bonds. The standard InChI is InChI=1S/C12H13N5O2S2/c13-11-12(17-7-2-1-3-9(17)16-11)21(18,19)15-5-4-10-14-6-8-20-10/h1-3,6-8,15H,4-5,13H2. The van der Waals surface area contributed by atoms with Crippen LogP contribution in [-0.2, 0) is 16.4 Å². The number of pyridine rings is 1. The molecule has 3 rings (SSSR count). The molecule has 0 spiro atoms. The molecule has 0 saturated heterocycles. The maximum Gasteiger partial charge on any atom is 0.260 e. The summed E-state index contributed by atoms with van der Waals surface area (Å²) in [6.07, 6.45) is 3.85. The van der Waals surface area contributed by atoms with Gasteiger partial charge in [0.25, 0.3) is 10.0 Å². The number of sulfonamides is 1. The number of hydrogen-bond donors (Lipinski definition) is 2. The third-order valence-corrected chi connectivity index (χ3v) is 5.22. The Morgan fingerprint density at radius 1 is 1.38 bits per heavy atom. The van der Waals surface area contributed by atoms with Gasteiger partial charge in [0, 0.05) is 30.7 Å². The molecule has 3 N–H and O–H groups in total. The fourth-order valence-electron chi connectivity index (χ4n) is 2.00. The maximum atomic E-state index is 12.4. The monoisotopic (exact) mass is 323 g/mol. The number of hydrogen-bond acceptors (Lipinski definition) is 6. The van der Waals surface area contributed by atoms with Gasteiger partial charge in [-0.1, -0.05) is 6.07 Å². The van der Waals surface area contributed by atoms with E-state index in [0.29, 0.717) is 12.1 Å². The number of nitrogens with two attached hydrogens (primary N) is 1. The molecular weight excluding hydrogens is 310 g/mol. The molecule has 0 unspecified atom stereocenters. The van der Waals surface area contributed by atoms with Gasteiger partial charge in [0.2, 0.25) is 0 Å². The zero-order valence-electron chi connectivity index (χ0n) is 10.9. The molecule has 110 valence electrons. The van der Waals surface area contributed by atoms with Crippen molar-refractivity contribution in [3.8, 4) is 0 Å². The van der Waals surface area contributed by atoms with Crippen LogP contribution in [-0.4, -0.2) is 29.3 Å². The molecule has 0 atom stereocenters. The summed E-state index contributed by atoms with van der Waals surface area (Å²) in [6.45, 7) is 0.259. The number of rotatable bonds is 5. The zero-order valence-corrected chi connectivity index (χ0v) is 12.6. The van der Waals surface area contributed by atoms with E-state index in [0.717, 1.165) is 5.01 Å². The van der Waals surface area contributed by atoms with E-state index >= 15 is 0 Å². The molecule has 0 saturated carbocycles.